The maximum absolute atomic E-state index is 5.85. The molecule has 1 aromatic carbocycles. The third-order valence-corrected chi connectivity index (χ3v) is 3.03. The largest absolute Gasteiger partial charge is 0.371 e. The first-order valence-electron chi connectivity index (χ1n) is 6.28. The molecule has 0 bridgehead atoms. The first-order chi connectivity index (χ1) is 8.25. The summed E-state index contributed by atoms with van der Waals surface area (Å²) in [5.74, 6) is 0. The van der Waals surface area contributed by atoms with Crippen LogP contribution in [0.25, 0.3) is 0 Å². The Labute approximate surface area is 103 Å². The lowest BCUT2D eigenvalue weighted by molar-refractivity contribution is -0.0826. The van der Waals surface area contributed by atoms with Crippen molar-refractivity contribution in [1.82, 2.24) is 5.32 Å². The Bertz CT molecular complexity index is 328. The summed E-state index contributed by atoms with van der Waals surface area (Å²) >= 11 is 0. The fourth-order valence-corrected chi connectivity index (χ4v) is 2.04. The highest BCUT2D eigenvalue weighted by atomic mass is 16.5. The SMILES string of the molecule is CC1CNCC(COC(C)c2ccccc2)O1. The zero-order valence-corrected chi connectivity index (χ0v) is 10.6. The summed E-state index contributed by atoms with van der Waals surface area (Å²) in [5.41, 5.74) is 1.21. The van der Waals surface area contributed by atoms with E-state index in [0.29, 0.717) is 6.61 Å². The molecule has 3 nitrogen and oxygen atoms in total. The molecule has 0 spiro atoms. The molecule has 1 saturated heterocycles. The van der Waals surface area contributed by atoms with Gasteiger partial charge in [0.05, 0.1) is 24.9 Å². The first kappa shape index (κ1) is 12.6. The smallest absolute Gasteiger partial charge is 0.0937 e. The molecule has 0 radical (unpaired) electrons. The van der Waals surface area contributed by atoms with Gasteiger partial charge in [-0.2, -0.15) is 0 Å². The van der Waals surface area contributed by atoms with E-state index >= 15 is 0 Å². The van der Waals surface area contributed by atoms with Gasteiger partial charge in [0.15, 0.2) is 0 Å². The van der Waals surface area contributed by atoms with Gasteiger partial charge in [-0.3, -0.25) is 0 Å². The molecular weight excluding hydrogens is 214 g/mol. The summed E-state index contributed by atoms with van der Waals surface area (Å²) < 4.78 is 11.6. The first-order valence-corrected chi connectivity index (χ1v) is 6.28. The van der Waals surface area contributed by atoms with Crippen molar-refractivity contribution < 1.29 is 9.47 Å². The Balaban J connectivity index is 1.78. The molecule has 0 amide bonds. The van der Waals surface area contributed by atoms with Gasteiger partial charge in [-0.25, -0.2) is 0 Å². The highest BCUT2D eigenvalue weighted by Gasteiger charge is 2.19. The Hall–Kier alpha value is -0.900. The monoisotopic (exact) mass is 235 g/mol. The summed E-state index contributed by atoms with van der Waals surface area (Å²) in [5, 5.41) is 3.34. The molecule has 1 aromatic rings. The Kier molecular flexibility index (Phi) is 4.54. The summed E-state index contributed by atoms with van der Waals surface area (Å²) in [7, 11) is 0. The molecule has 94 valence electrons. The standard InChI is InChI=1S/C14H21NO2/c1-11-8-15-9-14(17-11)10-16-12(2)13-6-4-3-5-7-13/h3-7,11-12,14-15H,8-10H2,1-2H3. The van der Waals surface area contributed by atoms with Gasteiger partial charge in [0.25, 0.3) is 0 Å². The van der Waals surface area contributed by atoms with Gasteiger partial charge in [0.1, 0.15) is 0 Å². The Morgan fingerprint density at radius 3 is 2.82 bits per heavy atom. The lowest BCUT2D eigenvalue weighted by atomic mass is 10.1. The second-order valence-electron chi connectivity index (χ2n) is 4.61. The van der Waals surface area contributed by atoms with Crippen molar-refractivity contribution in [2.45, 2.75) is 32.2 Å². The van der Waals surface area contributed by atoms with Gasteiger partial charge in [-0.05, 0) is 19.4 Å². The van der Waals surface area contributed by atoms with Crippen LogP contribution >= 0.6 is 0 Å². The van der Waals surface area contributed by atoms with Crippen molar-refractivity contribution in [2.24, 2.45) is 0 Å². The summed E-state index contributed by atoms with van der Waals surface area (Å²) in [6.07, 6.45) is 0.575. The average Bonchev–Trinajstić information content (AvgIpc) is 2.37. The van der Waals surface area contributed by atoms with Crippen molar-refractivity contribution >= 4 is 0 Å². The molecule has 3 heteroatoms. The van der Waals surface area contributed by atoms with Crippen LogP contribution in [0.5, 0.6) is 0 Å². The van der Waals surface area contributed by atoms with Crippen LogP contribution in [0.2, 0.25) is 0 Å². The third kappa shape index (κ3) is 3.80. The molecule has 1 aliphatic rings. The zero-order valence-electron chi connectivity index (χ0n) is 10.6. The number of rotatable bonds is 4. The normalized spacial score (nSPS) is 26.7. The van der Waals surface area contributed by atoms with E-state index in [-0.39, 0.29) is 18.3 Å². The van der Waals surface area contributed by atoms with Crippen LogP contribution in [-0.2, 0) is 9.47 Å². The van der Waals surface area contributed by atoms with Crippen LogP contribution in [0, 0.1) is 0 Å². The predicted molar refractivity (Wildman–Crippen MR) is 68.0 cm³/mol. The van der Waals surface area contributed by atoms with Crippen molar-refractivity contribution in [3.8, 4) is 0 Å². The van der Waals surface area contributed by atoms with Gasteiger partial charge in [0.2, 0.25) is 0 Å². The number of hydrogen-bond acceptors (Lipinski definition) is 3. The van der Waals surface area contributed by atoms with Gasteiger partial charge in [0, 0.05) is 13.1 Å². The number of ether oxygens (including phenoxy) is 2. The molecule has 3 atom stereocenters. The lowest BCUT2D eigenvalue weighted by Crippen LogP contribution is -2.45. The number of morpholine rings is 1. The molecule has 1 fully saturated rings. The minimum Gasteiger partial charge on any atom is -0.371 e. The summed E-state index contributed by atoms with van der Waals surface area (Å²) in [6.45, 7) is 6.62. The van der Waals surface area contributed by atoms with Gasteiger partial charge < -0.3 is 14.8 Å². The second-order valence-corrected chi connectivity index (χ2v) is 4.61. The van der Waals surface area contributed by atoms with Gasteiger partial charge >= 0.3 is 0 Å². The molecular formula is C14H21NO2. The van der Waals surface area contributed by atoms with E-state index < -0.39 is 0 Å². The molecule has 0 aliphatic carbocycles. The predicted octanol–water partition coefficient (Wildman–Crippen LogP) is 2.14. The van der Waals surface area contributed by atoms with Crippen molar-refractivity contribution in [2.75, 3.05) is 19.7 Å². The van der Waals surface area contributed by atoms with Crippen molar-refractivity contribution in [3.63, 3.8) is 0 Å². The van der Waals surface area contributed by atoms with Crippen LogP contribution in [0.15, 0.2) is 30.3 Å². The van der Waals surface area contributed by atoms with Gasteiger partial charge in [-0.15, -0.1) is 0 Å². The molecule has 0 saturated carbocycles. The molecule has 3 unspecified atom stereocenters. The molecule has 17 heavy (non-hydrogen) atoms. The third-order valence-electron chi connectivity index (χ3n) is 3.03. The molecule has 1 aliphatic heterocycles. The topological polar surface area (TPSA) is 30.5 Å². The van der Waals surface area contributed by atoms with Crippen LogP contribution in [0.3, 0.4) is 0 Å². The highest BCUT2D eigenvalue weighted by Crippen LogP contribution is 2.17. The summed E-state index contributed by atoms with van der Waals surface area (Å²) in [6, 6.07) is 10.3. The number of benzene rings is 1. The van der Waals surface area contributed by atoms with Crippen LogP contribution in [0.1, 0.15) is 25.5 Å². The van der Waals surface area contributed by atoms with E-state index in [1.807, 2.05) is 18.2 Å². The fraction of sp³-hybridized carbons (Fsp3) is 0.571. The quantitative estimate of drug-likeness (QED) is 0.867. The maximum atomic E-state index is 5.85. The number of nitrogens with one attached hydrogen (secondary N) is 1. The molecule has 2 rings (SSSR count). The minimum absolute atomic E-state index is 0.122. The van der Waals surface area contributed by atoms with E-state index in [2.05, 4.69) is 31.3 Å². The highest BCUT2D eigenvalue weighted by molar-refractivity contribution is 5.16. The average molecular weight is 235 g/mol. The maximum Gasteiger partial charge on any atom is 0.0937 e. The Morgan fingerprint density at radius 2 is 2.12 bits per heavy atom. The lowest BCUT2D eigenvalue weighted by Gasteiger charge is -2.29. The van der Waals surface area contributed by atoms with E-state index in [0.717, 1.165) is 13.1 Å². The molecule has 1 heterocycles. The second kappa shape index (κ2) is 6.15. The van der Waals surface area contributed by atoms with Gasteiger partial charge in [-0.1, -0.05) is 30.3 Å². The van der Waals surface area contributed by atoms with E-state index in [1.165, 1.54) is 5.56 Å². The van der Waals surface area contributed by atoms with E-state index in [9.17, 15) is 0 Å². The fourth-order valence-electron chi connectivity index (χ4n) is 2.04. The van der Waals surface area contributed by atoms with Crippen LogP contribution < -0.4 is 5.32 Å². The molecule has 1 N–H and O–H groups in total. The Morgan fingerprint density at radius 1 is 1.35 bits per heavy atom. The van der Waals surface area contributed by atoms with Crippen molar-refractivity contribution in [1.29, 1.82) is 0 Å². The summed E-state index contributed by atoms with van der Waals surface area (Å²) in [4.78, 5) is 0. The van der Waals surface area contributed by atoms with E-state index in [1.54, 1.807) is 0 Å². The minimum atomic E-state index is 0.122. The number of hydrogen-bond donors (Lipinski definition) is 1. The van der Waals surface area contributed by atoms with Crippen molar-refractivity contribution in [3.05, 3.63) is 35.9 Å². The van der Waals surface area contributed by atoms with E-state index in [4.69, 9.17) is 9.47 Å². The van der Waals surface area contributed by atoms with Crippen LogP contribution in [-0.4, -0.2) is 31.9 Å². The van der Waals surface area contributed by atoms with Crippen LogP contribution in [0.4, 0.5) is 0 Å². The zero-order chi connectivity index (χ0) is 12.1. The molecule has 0 aromatic heterocycles.